The van der Waals surface area contributed by atoms with Gasteiger partial charge in [-0.1, -0.05) is 18.9 Å². The van der Waals surface area contributed by atoms with E-state index in [1.54, 1.807) is 6.07 Å². The number of methoxy groups -OCH3 is 1. The molecule has 1 aliphatic carbocycles. The summed E-state index contributed by atoms with van der Waals surface area (Å²) in [5, 5.41) is 10.8. The molecule has 0 amide bonds. The molecule has 1 aliphatic rings. The Hall–Kier alpha value is -1.91. The molecule has 0 bridgehead atoms. The quantitative estimate of drug-likeness (QED) is 0.469. The number of esters is 1. The zero-order valence-electron chi connectivity index (χ0n) is 10.2. The van der Waals surface area contributed by atoms with Crippen LogP contribution in [0, 0.1) is 10.1 Å². The highest BCUT2D eigenvalue weighted by Gasteiger charge is 2.25. The Kier molecular flexibility index (Phi) is 3.60. The number of carbonyl (C=O) groups is 1. The second kappa shape index (κ2) is 5.16. The lowest BCUT2D eigenvalue weighted by molar-refractivity contribution is -0.384. The van der Waals surface area contributed by atoms with E-state index in [0.717, 1.165) is 31.2 Å². The standard InChI is InChI=1S/C13H15NO4/c1-18-13(15)12-8-10(14(16)17)6-7-11(12)9-4-2-3-5-9/h6-9H,2-5H2,1H3. The van der Waals surface area contributed by atoms with Crippen LogP contribution in [0.25, 0.3) is 0 Å². The van der Waals surface area contributed by atoms with Crippen LogP contribution in [0.1, 0.15) is 47.5 Å². The number of carbonyl (C=O) groups excluding carboxylic acids is 1. The monoisotopic (exact) mass is 249 g/mol. The fraction of sp³-hybridized carbons (Fsp3) is 0.462. The van der Waals surface area contributed by atoms with Gasteiger partial charge < -0.3 is 4.74 Å². The van der Waals surface area contributed by atoms with Gasteiger partial charge in [-0.3, -0.25) is 10.1 Å². The summed E-state index contributed by atoms with van der Waals surface area (Å²) in [4.78, 5) is 22.0. The van der Waals surface area contributed by atoms with Gasteiger partial charge in [-0.25, -0.2) is 4.79 Å². The van der Waals surface area contributed by atoms with Gasteiger partial charge in [-0.05, 0) is 24.3 Å². The third-order valence-corrected chi connectivity index (χ3v) is 3.45. The van der Waals surface area contributed by atoms with Crippen LogP contribution in [0.2, 0.25) is 0 Å². The average Bonchev–Trinajstić information content (AvgIpc) is 2.90. The van der Waals surface area contributed by atoms with Crippen LogP contribution in [0.3, 0.4) is 0 Å². The lowest BCUT2D eigenvalue weighted by atomic mass is 9.92. The Balaban J connectivity index is 2.44. The maximum atomic E-state index is 11.7. The van der Waals surface area contributed by atoms with Crippen molar-refractivity contribution in [2.45, 2.75) is 31.6 Å². The summed E-state index contributed by atoms with van der Waals surface area (Å²) in [7, 11) is 1.29. The molecule has 1 saturated carbocycles. The van der Waals surface area contributed by atoms with Gasteiger partial charge in [0.1, 0.15) is 0 Å². The summed E-state index contributed by atoms with van der Waals surface area (Å²) in [6.07, 6.45) is 4.34. The minimum Gasteiger partial charge on any atom is -0.465 e. The molecule has 0 heterocycles. The van der Waals surface area contributed by atoms with Crippen molar-refractivity contribution in [2.24, 2.45) is 0 Å². The van der Waals surface area contributed by atoms with Crippen molar-refractivity contribution < 1.29 is 14.5 Å². The van der Waals surface area contributed by atoms with Crippen LogP contribution in [0.4, 0.5) is 5.69 Å². The van der Waals surface area contributed by atoms with E-state index >= 15 is 0 Å². The van der Waals surface area contributed by atoms with Crippen LogP contribution in [-0.4, -0.2) is 18.0 Å². The zero-order chi connectivity index (χ0) is 13.1. The molecule has 1 aromatic rings. The number of nitrogens with zero attached hydrogens (tertiary/aromatic N) is 1. The molecule has 5 heteroatoms. The lowest BCUT2D eigenvalue weighted by Crippen LogP contribution is -2.08. The van der Waals surface area contributed by atoms with Crippen LogP contribution in [0.15, 0.2) is 18.2 Å². The summed E-state index contributed by atoms with van der Waals surface area (Å²) in [5.74, 6) is -0.180. The summed E-state index contributed by atoms with van der Waals surface area (Å²) in [6, 6.07) is 4.47. The fourth-order valence-corrected chi connectivity index (χ4v) is 2.54. The normalized spacial score (nSPS) is 15.6. The molecule has 0 radical (unpaired) electrons. The van der Waals surface area contributed by atoms with Crippen molar-refractivity contribution in [3.05, 3.63) is 39.4 Å². The third kappa shape index (κ3) is 2.34. The van der Waals surface area contributed by atoms with E-state index in [4.69, 9.17) is 4.74 Å². The van der Waals surface area contributed by atoms with Gasteiger partial charge >= 0.3 is 5.97 Å². The van der Waals surface area contributed by atoms with E-state index < -0.39 is 10.9 Å². The summed E-state index contributed by atoms with van der Waals surface area (Å²) >= 11 is 0. The molecule has 0 aliphatic heterocycles. The highest BCUT2D eigenvalue weighted by Crippen LogP contribution is 2.37. The molecular formula is C13H15NO4. The lowest BCUT2D eigenvalue weighted by Gasteiger charge is -2.13. The van der Waals surface area contributed by atoms with Crippen molar-refractivity contribution in [1.29, 1.82) is 0 Å². The molecule has 1 aromatic carbocycles. The molecule has 18 heavy (non-hydrogen) atoms. The number of rotatable bonds is 3. The molecule has 0 spiro atoms. The Labute approximate surface area is 105 Å². The van der Waals surface area contributed by atoms with Crippen LogP contribution in [-0.2, 0) is 4.74 Å². The van der Waals surface area contributed by atoms with Gasteiger partial charge in [0, 0.05) is 12.1 Å². The number of hydrogen-bond acceptors (Lipinski definition) is 4. The Morgan fingerprint density at radius 3 is 2.61 bits per heavy atom. The molecule has 0 unspecified atom stereocenters. The predicted molar refractivity (Wildman–Crippen MR) is 65.6 cm³/mol. The van der Waals surface area contributed by atoms with Gasteiger partial charge in [0.15, 0.2) is 0 Å². The molecular weight excluding hydrogens is 234 g/mol. The van der Waals surface area contributed by atoms with Crippen LogP contribution >= 0.6 is 0 Å². The number of non-ortho nitro benzene ring substituents is 1. The Bertz CT molecular complexity index is 478. The van der Waals surface area contributed by atoms with Crippen molar-refractivity contribution in [3.63, 3.8) is 0 Å². The first-order chi connectivity index (χ1) is 8.63. The van der Waals surface area contributed by atoms with E-state index in [0.29, 0.717) is 11.5 Å². The Morgan fingerprint density at radius 1 is 1.39 bits per heavy atom. The average molecular weight is 249 g/mol. The number of nitro groups is 1. The third-order valence-electron chi connectivity index (χ3n) is 3.45. The molecule has 96 valence electrons. The van der Waals surface area contributed by atoms with Crippen molar-refractivity contribution in [3.8, 4) is 0 Å². The van der Waals surface area contributed by atoms with Gasteiger partial charge in [0.2, 0.25) is 0 Å². The number of ether oxygens (including phenoxy) is 1. The molecule has 5 nitrogen and oxygen atoms in total. The first kappa shape index (κ1) is 12.5. The molecule has 1 fully saturated rings. The molecule has 0 saturated heterocycles. The summed E-state index contributed by atoms with van der Waals surface area (Å²) in [5.41, 5.74) is 1.14. The van der Waals surface area contributed by atoms with Crippen molar-refractivity contribution >= 4 is 11.7 Å². The smallest absolute Gasteiger partial charge is 0.338 e. The first-order valence-corrected chi connectivity index (χ1v) is 6.00. The fourth-order valence-electron chi connectivity index (χ4n) is 2.54. The second-order valence-corrected chi connectivity index (χ2v) is 4.50. The van der Waals surface area contributed by atoms with Gasteiger partial charge in [-0.15, -0.1) is 0 Å². The van der Waals surface area contributed by atoms with E-state index in [1.165, 1.54) is 19.2 Å². The minimum absolute atomic E-state index is 0.0721. The maximum absolute atomic E-state index is 11.7. The number of hydrogen-bond donors (Lipinski definition) is 0. The molecule has 2 rings (SSSR count). The predicted octanol–water partition coefficient (Wildman–Crippen LogP) is 3.04. The molecule has 0 N–H and O–H groups in total. The van der Waals surface area contributed by atoms with Gasteiger partial charge in [0.05, 0.1) is 17.6 Å². The van der Waals surface area contributed by atoms with Gasteiger partial charge in [0.25, 0.3) is 5.69 Å². The van der Waals surface area contributed by atoms with E-state index in [2.05, 4.69) is 0 Å². The van der Waals surface area contributed by atoms with Crippen molar-refractivity contribution in [2.75, 3.05) is 7.11 Å². The topological polar surface area (TPSA) is 69.4 Å². The number of benzene rings is 1. The molecule has 0 atom stereocenters. The summed E-state index contributed by atoms with van der Waals surface area (Å²) < 4.78 is 4.71. The maximum Gasteiger partial charge on any atom is 0.338 e. The van der Waals surface area contributed by atoms with E-state index in [-0.39, 0.29) is 5.69 Å². The SMILES string of the molecule is COC(=O)c1cc([N+](=O)[O-])ccc1C1CCCC1. The largest absolute Gasteiger partial charge is 0.465 e. The highest BCUT2D eigenvalue weighted by atomic mass is 16.6. The second-order valence-electron chi connectivity index (χ2n) is 4.50. The van der Waals surface area contributed by atoms with E-state index in [1.807, 2.05) is 0 Å². The highest BCUT2D eigenvalue weighted by molar-refractivity contribution is 5.92. The zero-order valence-corrected chi connectivity index (χ0v) is 10.2. The first-order valence-electron chi connectivity index (χ1n) is 6.00. The minimum atomic E-state index is -0.499. The van der Waals surface area contributed by atoms with Crippen molar-refractivity contribution in [1.82, 2.24) is 0 Å². The Morgan fingerprint density at radius 2 is 2.06 bits per heavy atom. The summed E-state index contributed by atoms with van der Waals surface area (Å²) in [6.45, 7) is 0. The molecule has 0 aromatic heterocycles. The van der Waals surface area contributed by atoms with Gasteiger partial charge in [-0.2, -0.15) is 0 Å². The van der Waals surface area contributed by atoms with E-state index in [9.17, 15) is 14.9 Å². The number of nitro benzene ring substituents is 1. The van der Waals surface area contributed by atoms with Crippen LogP contribution < -0.4 is 0 Å². The van der Waals surface area contributed by atoms with Crippen LogP contribution in [0.5, 0.6) is 0 Å².